The molecule has 0 aromatic heterocycles. The minimum absolute atomic E-state index is 0.0447. The molecule has 92 valence electrons. The van der Waals surface area contributed by atoms with Crippen molar-refractivity contribution in [1.82, 2.24) is 0 Å². The molecule has 0 aliphatic rings. The Bertz CT molecular complexity index is 611. The molecule has 0 radical (unpaired) electrons. The van der Waals surface area contributed by atoms with Crippen LogP contribution in [-0.2, 0) is 0 Å². The topological polar surface area (TPSA) is 17.1 Å². The smallest absolute Gasteiger partial charge is 0.194 e. The molecule has 2 rings (SSSR count). The third-order valence-corrected chi connectivity index (χ3v) is 3.39. The summed E-state index contributed by atoms with van der Waals surface area (Å²) in [6.07, 6.45) is 0. The number of hydrogen-bond donors (Lipinski definition) is 0. The molecule has 18 heavy (non-hydrogen) atoms. The Morgan fingerprint density at radius 1 is 1.06 bits per heavy atom. The lowest BCUT2D eigenvalue weighted by Gasteiger charge is -2.05. The standard InChI is InChI=1S/C13H6ClF2IO/c14-10-6-12(16)11(15)5-9(10)13(18)7-1-3-8(17)4-2-7/h1-6H. The lowest BCUT2D eigenvalue weighted by atomic mass is 10.0. The summed E-state index contributed by atoms with van der Waals surface area (Å²) in [5, 5.41) is -0.0996. The summed E-state index contributed by atoms with van der Waals surface area (Å²) in [6.45, 7) is 0. The average Bonchev–Trinajstić information content (AvgIpc) is 2.34. The molecule has 0 fully saturated rings. The zero-order valence-corrected chi connectivity index (χ0v) is 11.8. The van der Waals surface area contributed by atoms with E-state index in [2.05, 4.69) is 22.6 Å². The van der Waals surface area contributed by atoms with Crippen molar-refractivity contribution in [2.45, 2.75) is 0 Å². The van der Waals surface area contributed by atoms with E-state index in [0.29, 0.717) is 5.56 Å². The van der Waals surface area contributed by atoms with Gasteiger partial charge in [-0.05, 0) is 59.0 Å². The van der Waals surface area contributed by atoms with Crippen LogP contribution in [0.25, 0.3) is 0 Å². The zero-order chi connectivity index (χ0) is 13.3. The fraction of sp³-hybridized carbons (Fsp3) is 0. The van der Waals surface area contributed by atoms with E-state index in [1.165, 1.54) is 0 Å². The minimum atomic E-state index is -1.09. The molecule has 1 nitrogen and oxygen atoms in total. The lowest BCUT2D eigenvalue weighted by molar-refractivity contribution is 0.103. The summed E-state index contributed by atoms with van der Waals surface area (Å²) in [4.78, 5) is 12.1. The largest absolute Gasteiger partial charge is 0.289 e. The monoisotopic (exact) mass is 378 g/mol. The number of ketones is 1. The molecular formula is C13H6ClF2IO. The van der Waals surface area contributed by atoms with Crippen LogP contribution in [0.15, 0.2) is 36.4 Å². The van der Waals surface area contributed by atoms with Crippen molar-refractivity contribution in [1.29, 1.82) is 0 Å². The summed E-state index contributed by atoms with van der Waals surface area (Å²) in [5.41, 5.74) is 0.333. The first-order chi connectivity index (χ1) is 8.49. The molecule has 0 aliphatic heterocycles. The maximum atomic E-state index is 13.1. The third-order valence-electron chi connectivity index (χ3n) is 2.36. The summed E-state index contributed by atoms with van der Waals surface area (Å²) in [6, 6.07) is 8.35. The molecule has 0 atom stereocenters. The molecule has 0 bridgehead atoms. The molecule has 0 aliphatic carbocycles. The van der Waals surface area contributed by atoms with Crippen LogP contribution < -0.4 is 0 Å². The Morgan fingerprint density at radius 2 is 1.61 bits per heavy atom. The predicted molar refractivity (Wildman–Crippen MR) is 74.0 cm³/mol. The van der Waals surface area contributed by atoms with Crippen LogP contribution in [0.3, 0.4) is 0 Å². The SMILES string of the molecule is O=C(c1ccc(I)cc1)c1cc(F)c(F)cc1Cl. The van der Waals surface area contributed by atoms with Crippen LogP contribution in [-0.4, -0.2) is 5.78 Å². The molecule has 0 spiro atoms. The summed E-state index contributed by atoms with van der Waals surface area (Å²) in [7, 11) is 0. The fourth-order valence-corrected chi connectivity index (χ4v) is 2.05. The highest BCUT2D eigenvalue weighted by Crippen LogP contribution is 2.23. The normalized spacial score (nSPS) is 10.4. The van der Waals surface area contributed by atoms with E-state index in [0.717, 1.165) is 15.7 Å². The van der Waals surface area contributed by atoms with Gasteiger partial charge < -0.3 is 0 Å². The van der Waals surface area contributed by atoms with Crippen molar-refractivity contribution in [2.75, 3.05) is 0 Å². The third kappa shape index (κ3) is 2.70. The predicted octanol–water partition coefficient (Wildman–Crippen LogP) is 4.45. The molecule has 0 saturated heterocycles. The Kier molecular flexibility index (Phi) is 3.97. The first kappa shape index (κ1) is 13.4. The van der Waals surface area contributed by atoms with Crippen molar-refractivity contribution in [3.63, 3.8) is 0 Å². The van der Waals surface area contributed by atoms with Crippen LogP contribution in [0.4, 0.5) is 8.78 Å². The van der Waals surface area contributed by atoms with Gasteiger partial charge in [0.2, 0.25) is 0 Å². The molecule has 0 N–H and O–H groups in total. The van der Waals surface area contributed by atoms with Gasteiger partial charge in [0.05, 0.1) is 5.02 Å². The fourth-order valence-electron chi connectivity index (χ4n) is 1.45. The molecule has 0 saturated carbocycles. The van der Waals surface area contributed by atoms with E-state index in [9.17, 15) is 13.6 Å². The number of carbonyl (C=O) groups excluding carboxylic acids is 1. The number of hydrogen-bond acceptors (Lipinski definition) is 1. The van der Waals surface area contributed by atoms with Gasteiger partial charge in [0.1, 0.15) is 0 Å². The van der Waals surface area contributed by atoms with Crippen molar-refractivity contribution in [3.8, 4) is 0 Å². The lowest BCUT2D eigenvalue weighted by Crippen LogP contribution is -2.04. The second-order valence-electron chi connectivity index (χ2n) is 3.58. The number of halogens is 4. The maximum absolute atomic E-state index is 13.1. The number of benzene rings is 2. The van der Waals surface area contributed by atoms with Crippen LogP contribution in [0.1, 0.15) is 15.9 Å². The zero-order valence-electron chi connectivity index (χ0n) is 8.88. The molecule has 0 unspecified atom stereocenters. The van der Waals surface area contributed by atoms with Crippen LogP contribution >= 0.6 is 34.2 Å². The van der Waals surface area contributed by atoms with Crippen molar-refractivity contribution in [2.24, 2.45) is 0 Å². The second-order valence-corrected chi connectivity index (χ2v) is 5.24. The van der Waals surface area contributed by atoms with Gasteiger partial charge in [0.15, 0.2) is 17.4 Å². The highest BCUT2D eigenvalue weighted by Gasteiger charge is 2.16. The summed E-state index contributed by atoms with van der Waals surface area (Å²) < 4.78 is 27.0. The summed E-state index contributed by atoms with van der Waals surface area (Å²) in [5.74, 6) is -2.59. The quantitative estimate of drug-likeness (QED) is 0.429. The van der Waals surface area contributed by atoms with Gasteiger partial charge in [0, 0.05) is 14.7 Å². The molecule has 2 aromatic rings. The number of carbonyl (C=O) groups is 1. The Balaban J connectivity index is 2.46. The first-order valence-electron chi connectivity index (χ1n) is 4.94. The Hall–Kier alpha value is -1.01. The van der Waals surface area contributed by atoms with Crippen molar-refractivity contribution in [3.05, 3.63) is 67.8 Å². The Morgan fingerprint density at radius 3 is 2.22 bits per heavy atom. The van der Waals surface area contributed by atoms with Crippen LogP contribution in [0, 0.1) is 15.2 Å². The molecular weight excluding hydrogens is 372 g/mol. The van der Waals surface area contributed by atoms with Crippen molar-refractivity contribution >= 4 is 40.0 Å². The number of rotatable bonds is 2. The second kappa shape index (κ2) is 5.32. The molecule has 2 aromatic carbocycles. The van der Waals surface area contributed by atoms with Gasteiger partial charge in [-0.3, -0.25) is 4.79 Å². The Labute approximate surface area is 121 Å². The van der Waals surface area contributed by atoms with E-state index < -0.39 is 17.4 Å². The van der Waals surface area contributed by atoms with Crippen LogP contribution in [0.2, 0.25) is 5.02 Å². The van der Waals surface area contributed by atoms with E-state index >= 15 is 0 Å². The van der Waals surface area contributed by atoms with Gasteiger partial charge in [-0.2, -0.15) is 0 Å². The maximum Gasteiger partial charge on any atom is 0.194 e. The van der Waals surface area contributed by atoms with Crippen LogP contribution in [0.5, 0.6) is 0 Å². The van der Waals surface area contributed by atoms with Crippen molar-refractivity contribution < 1.29 is 13.6 Å². The van der Waals surface area contributed by atoms with Gasteiger partial charge in [-0.1, -0.05) is 11.6 Å². The van der Waals surface area contributed by atoms with Gasteiger partial charge >= 0.3 is 0 Å². The average molecular weight is 379 g/mol. The van der Waals surface area contributed by atoms with E-state index in [1.807, 2.05) is 0 Å². The van der Waals surface area contributed by atoms with Gasteiger partial charge in [-0.15, -0.1) is 0 Å². The van der Waals surface area contributed by atoms with E-state index in [-0.39, 0.29) is 10.6 Å². The molecule has 5 heteroatoms. The first-order valence-corrected chi connectivity index (χ1v) is 6.39. The highest BCUT2D eigenvalue weighted by atomic mass is 127. The van der Waals surface area contributed by atoms with Gasteiger partial charge in [-0.25, -0.2) is 8.78 Å². The summed E-state index contributed by atoms with van der Waals surface area (Å²) >= 11 is 7.85. The van der Waals surface area contributed by atoms with E-state index in [1.54, 1.807) is 24.3 Å². The van der Waals surface area contributed by atoms with E-state index in [4.69, 9.17) is 11.6 Å². The van der Waals surface area contributed by atoms with Gasteiger partial charge in [0.25, 0.3) is 0 Å². The highest BCUT2D eigenvalue weighted by molar-refractivity contribution is 14.1. The molecule has 0 amide bonds. The molecule has 0 heterocycles. The minimum Gasteiger partial charge on any atom is -0.289 e.